The average molecular weight is 339 g/mol. The van der Waals surface area contributed by atoms with Gasteiger partial charge in [-0.05, 0) is 30.5 Å². The van der Waals surface area contributed by atoms with Crippen LogP contribution in [0.5, 0.6) is 5.75 Å². The van der Waals surface area contributed by atoms with E-state index in [0.29, 0.717) is 0 Å². The zero-order valence-corrected chi connectivity index (χ0v) is 14.6. The SMILES string of the molecule is COc1cccc(NC(=O)NC2CCN(Cc3ccccc3)CC2)c1. The van der Waals surface area contributed by atoms with Crippen LogP contribution in [0.25, 0.3) is 0 Å². The van der Waals surface area contributed by atoms with E-state index >= 15 is 0 Å². The number of piperidine rings is 1. The van der Waals surface area contributed by atoms with Gasteiger partial charge in [0.2, 0.25) is 0 Å². The molecule has 0 spiro atoms. The van der Waals surface area contributed by atoms with Gasteiger partial charge in [0.1, 0.15) is 5.75 Å². The van der Waals surface area contributed by atoms with Gasteiger partial charge < -0.3 is 15.4 Å². The monoisotopic (exact) mass is 339 g/mol. The van der Waals surface area contributed by atoms with Crippen LogP contribution in [0.15, 0.2) is 54.6 Å². The highest BCUT2D eigenvalue weighted by Crippen LogP contribution is 2.17. The molecule has 1 heterocycles. The fourth-order valence-electron chi connectivity index (χ4n) is 3.13. The summed E-state index contributed by atoms with van der Waals surface area (Å²) in [5.41, 5.74) is 2.07. The number of hydrogen-bond donors (Lipinski definition) is 2. The van der Waals surface area contributed by atoms with E-state index in [2.05, 4.69) is 39.8 Å². The van der Waals surface area contributed by atoms with Gasteiger partial charge in [-0.25, -0.2) is 4.79 Å². The molecule has 2 aromatic carbocycles. The van der Waals surface area contributed by atoms with E-state index in [1.54, 1.807) is 7.11 Å². The first-order chi connectivity index (χ1) is 12.2. The summed E-state index contributed by atoms with van der Waals surface area (Å²) in [6.07, 6.45) is 1.94. The third kappa shape index (κ3) is 5.22. The van der Waals surface area contributed by atoms with Crippen LogP contribution in [0, 0.1) is 0 Å². The number of carbonyl (C=O) groups is 1. The molecule has 0 aliphatic carbocycles. The Morgan fingerprint density at radius 3 is 2.60 bits per heavy atom. The Hall–Kier alpha value is -2.53. The predicted octanol–water partition coefficient (Wildman–Crippen LogP) is 3.48. The van der Waals surface area contributed by atoms with Gasteiger partial charge in [0.25, 0.3) is 0 Å². The van der Waals surface area contributed by atoms with Gasteiger partial charge in [-0.1, -0.05) is 36.4 Å². The van der Waals surface area contributed by atoms with E-state index in [1.807, 2.05) is 30.3 Å². The van der Waals surface area contributed by atoms with Crippen LogP contribution < -0.4 is 15.4 Å². The number of likely N-dealkylation sites (tertiary alicyclic amines) is 1. The fourth-order valence-corrected chi connectivity index (χ4v) is 3.13. The van der Waals surface area contributed by atoms with E-state index < -0.39 is 0 Å². The maximum Gasteiger partial charge on any atom is 0.319 e. The summed E-state index contributed by atoms with van der Waals surface area (Å²) in [4.78, 5) is 14.6. The number of rotatable bonds is 5. The summed E-state index contributed by atoms with van der Waals surface area (Å²) < 4.78 is 5.17. The van der Waals surface area contributed by atoms with Crippen LogP contribution in [0.3, 0.4) is 0 Å². The van der Waals surface area contributed by atoms with Crippen LogP contribution in [-0.2, 0) is 6.54 Å². The van der Waals surface area contributed by atoms with E-state index in [1.165, 1.54) is 5.56 Å². The molecular weight excluding hydrogens is 314 g/mol. The maximum atomic E-state index is 12.2. The molecular formula is C20H25N3O2. The van der Waals surface area contributed by atoms with Crippen LogP contribution in [0.4, 0.5) is 10.5 Å². The molecule has 5 heteroatoms. The Morgan fingerprint density at radius 2 is 1.88 bits per heavy atom. The van der Waals surface area contributed by atoms with Crippen molar-refractivity contribution in [2.75, 3.05) is 25.5 Å². The van der Waals surface area contributed by atoms with Crippen molar-refractivity contribution in [2.45, 2.75) is 25.4 Å². The smallest absolute Gasteiger partial charge is 0.319 e. The van der Waals surface area contributed by atoms with Crippen LogP contribution in [0.2, 0.25) is 0 Å². The number of hydrogen-bond acceptors (Lipinski definition) is 3. The minimum atomic E-state index is -0.158. The molecule has 25 heavy (non-hydrogen) atoms. The number of amides is 2. The van der Waals surface area contributed by atoms with Gasteiger partial charge in [0.05, 0.1) is 7.11 Å². The molecule has 1 fully saturated rings. The maximum absolute atomic E-state index is 12.2. The normalized spacial score (nSPS) is 15.6. The van der Waals surface area contributed by atoms with Crippen molar-refractivity contribution in [1.82, 2.24) is 10.2 Å². The first kappa shape index (κ1) is 17.3. The second-order valence-corrected chi connectivity index (χ2v) is 6.37. The van der Waals surface area contributed by atoms with Crippen molar-refractivity contribution >= 4 is 11.7 Å². The van der Waals surface area contributed by atoms with Gasteiger partial charge in [-0.2, -0.15) is 0 Å². The Bertz CT molecular complexity index is 682. The largest absolute Gasteiger partial charge is 0.497 e. The van der Waals surface area contributed by atoms with Gasteiger partial charge in [0.15, 0.2) is 0 Å². The zero-order chi connectivity index (χ0) is 17.5. The van der Waals surface area contributed by atoms with Crippen LogP contribution >= 0.6 is 0 Å². The molecule has 0 saturated carbocycles. The molecule has 3 rings (SSSR count). The van der Waals surface area contributed by atoms with Crippen LogP contribution in [-0.4, -0.2) is 37.2 Å². The van der Waals surface area contributed by atoms with Gasteiger partial charge >= 0.3 is 6.03 Å². The number of anilines is 1. The number of ether oxygens (including phenoxy) is 1. The van der Waals surface area contributed by atoms with Crippen LogP contribution in [0.1, 0.15) is 18.4 Å². The van der Waals surface area contributed by atoms with Crippen molar-refractivity contribution in [3.8, 4) is 5.75 Å². The second-order valence-electron chi connectivity index (χ2n) is 6.37. The van der Waals surface area contributed by atoms with Gasteiger partial charge in [-0.3, -0.25) is 4.90 Å². The van der Waals surface area contributed by atoms with E-state index in [-0.39, 0.29) is 12.1 Å². The number of carbonyl (C=O) groups excluding carboxylic acids is 1. The first-order valence-electron chi connectivity index (χ1n) is 8.71. The number of nitrogens with zero attached hydrogens (tertiary/aromatic N) is 1. The summed E-state index contributed by atoms with van der Waals surface area (Å²) in [6.45, 7) is 2.97. The highest BCUT2D eigenvalue weighted by Gasteiger charge is 2.20. The van der Waals surface area contributed by atoms with E-state index in [4.69, 9.17) is 4.74 Å². The average Bonchev–Trinajstić information content (AvgIpc) is 2.64. The molecule has 132 valence electrons. The molecule has 0 radical (unpaired) electrons. The summed E-state index contributed by atoms with van der Waals surface area (Å²) in [6, 6.07) is 17.9. The number of benzene rings is 2. The molecule has 0 unspecified atom stereocenters. The molecule has 1 aliphatic heterocycles. The molecule has 2 aromatic rings. The number of nitrogens with one attached hydrogen (secondary N) is 2. The molecule has 0 aromatic heterocycles. The number of urea groups is 1. The standard InChI is InChI=1S/C20H25N3O2/c1-25-19-9-5-8-18(14-19)22-20(24)21-17-10-12-23(13-11-17)15-16-6-3-2-4-7-16/h2-9,14,17H,10-13,15H2,1H3,(H2,21,22,24). The van der Waals surface area contributed by atoms with Crippen molar-refractivity contribution in [1.29, 1.82) is 0 Å². The molecule has 1 aliphatic rings. The third-order valence-corrected chi connectivity index (χ3v) is 4.50. The third-order valence-electron chi connectivity index (χ3n) is 4.50. The topological polar surface area (TPSA) is 53.6 Å². The highest BCUT2D eigenvalue weighted by atomic mass is 16.5. The first-order valence-corrected chi connectivity index (χ1v) is 8.71. The minimum Gasteiger partial charge on any atom is -0.497 e. The molecule has 1 saturated heterocycles. The lowest BCUT2D eigenvalue weighted by atomic mass is 10.0. The summed E-state index contributed by atoms with van der Waals surface area (Å²) in [5.74, 6) is 0.729. The number of methoxy groups -OCH3 is 1. The summed E-state index contributed by atoms with van der Waals surface area (Å²) in [5, 5.41) is 5.94. The summed E-state index contributed by atoms with van der Waals surface area (Å²) in [7, 11) is 1.61. The Kier molecular flexibility index (Phi) is 5.90. The minimum absolute atomic E-state index is 0.158. The molecule has 5 nitrogen and oxygen atoms in total. The molecule has 0 atom stereocenters. The molecule has 2 amide bonds. The quantitative estimate of drug-likeness (QED) is 0.877. The van der Waals surface area contributed by atoms with Gasteiger partial charge in [0, 0.05) is 37.4 Å². The lowest BCUT2D eigenvalue weighted by Gasteiger charge is -2.32. The van der Waals surface area contributed by atoms with Gasteiger partial charge in [-0.15, -0.1) is 0 Å². The molecule has 2 N–H and O–H groups in total. The molecule has 0 bridgehead atoms. The predicted molar refractivity (Wildman–Crippen MR) is 99.9 cm³/mol. The Labute approximate surface area is 149 Å². The lowest BCUT2D eigenvalue weighted by molar-refractivity contribution is 0.190. The fraction of sp³-hybridized carbons (Fsp3) is 0.350. The highest BCUT2D eigenvalue weighted by molar-refractivity contribution is 5.89. The Balaban J connectivity index is 1.43. The summed E-state index contributed by atoms with van der Waals surface area (Å²) >= 11 is 0. The van der Waals surface area contributed by atoms with Crippen molar-refractivity contribution in [3.63, 3.8) is 0 Å². The van der Waals surface area contributed by atoms with Crippen molar-refractivity contribution < 1.29 is 9.53 Å². The second kappa shape index (κ2) is 8.53. The van der Waals surface area contributed by atoms with E-state index in [0.717, 1.165) is 43.9 Å². The lowest BCUT2D eigenvalue weighted by Crippen LogP contribution is -2.45. The van der Waals surface area contributed by atoms with E-state index in [9.17, 15) is 4.79 Å². The van der Waals surface area contributed by atoms with Crippen molar-refractivity contribution in [2.24, 2.45) is 0 Å². The Morgan fingerprint density at radius 1 is 1.12 bits per heavy atom. The zero-order valence-electron chi connectivity index (χ0n) is 14.6. The van der Waals surface area contributed by atoms with Crippen molar-refractivity contribution in [3.05, 3.63) is 60.2 Å².